The third kappa shape index (κ3) is 3.44. The highest BCUT2D eigenvalue weighted by atomic mass is 16.3. The number of nitrogens with zero attached hydrogens (tertiary/aromatic N) is 2. The van der Waals surface area contributed by atoms with Gasteiger partial charge in [-0.05, 0) is 43.3 Å². The number of amides is 1. The number of fused-ring (bicyclic) bond motifs is 1. The van der Waals surface area contributed by atoms with Crippen LogP contribution in [0.25, 0.3) is 11.0 Å². The molecule has 30 heavy (non-hydrogen) atoms. The van der Waals surface area contributed by atoms with Gasteiger partial charge in [0.15, 0.2) is 0 Å². The summed E-state index contributed by atoms with van der Waals surface area (Å²) < 4.78 is 16.9. The number of hydrazone groups is 1. The molecule has 0 fully saturated rings. The molecule has 2 unspecified atom stereocenters. The lowest BCUT2D eigenvalue weighted by molar-refractivity contribution is -0.132. The molecule has 0 saturated carbocycles. The third-order valence-corrected chi connectivity index (χ3v) is 5.27. The van der Waals surface area contributed by atoms with E-state index >= 15 is 0 Å². The quantitative estimate of drug-likeness (QED) is 0.507. The summed E-state index contributed by atoms with van der Waals surface area (Å²) in [6.45, 7) is 2.08. The van der Waals surface area contributed by atoms with Crippen LogP contribution >= 0.6 is 0 Å². The average molecular weight is 403 g/mol. The summed E-state index contributed by atoms with van der Waals surface area (Å²) in [5.74, 6) is 1.98. The Balaban J connectivity index is 1.31. The van der Waals surface area contributed by atoms with Gasteiger partial charge in [-0.1, -0.05) is 18.2 Å². The van der Waals surface area contributed by atoms with E-state index in [9.17, 15) is 4.79 Å². The average Bonchev–Trinajstić information content (AvgIpc) is 3.56. The van der Waals surface area contributed by atoms with Crippen LogP contribution in [0.2, 0.25) is 0 Å². The van der Waals surface area contributed by atoms with Gasteiger partial charge < -0.3 is 13.3 Å². The summed E-state index contributed by atoms with van der Waals surface area (Å²) in [6.07, 6.45) is 3.73. The largest absolute Gasteiger partial charge is 0.467 e. The van der Waals surface area contributed by atoms with Crippen molar-refractivity contribution in [3.05, 3.63) is 84.4 Å². The Kier molecular flexibility index (Phi) is 4.72. The summed E-state index contributed by atoms with van der Waals surface area (Å²) in [5, 5.41) is 10.3. The topological polar surface area (TPSA) is 84.1 Å². The van der Waals surface area contributed by atoms with E-state index in [-0.39, 0.29) is 24.5 Å². The Morgan fingerprint density at radius 2 is 2.00 bits per heavy atom. The van der Waals surface area contributed by atoms with Crippen LogP contribution in [0.3, 0.4) is 0 Å². The Hall–Kier alpha value is -3.58. The van der Waals surface area contributed by atoms with Gasteiger partial charge in [-0.15, -0.1) is 0 Å². The van der Waals surface area contributed by atoms with Gasteiger partial charge in [-0.25, -0.2) is 5.01 Å². The standard InChI is InChI=1S/C23H21N3O4/c1-15(22-12-16-6-2-3-7-19(16)30-22)24-14-23(27)26-18(21-9-5-11-29-21)13-17(25-26)20-8-4-10-28-20/h2-12,15,18,24H,13-14H2,1H3. The molecule has 1 aliphatic rings. The molecule has 1 amide bonds. The van der Waals surface area contributed by atoms with Crippen molar-refractivity contribution < 1.29 is 18.0 Å². The predicted molar refractivity (Wildman–Crippen MR) is 111 cm³/mol. The Bertz CT molecular complexity index is 1140. The van der Waals surface area contributed by atoms with Crippen LogP contribution in [-0.2, 0) is 4.79 Å². The van der Waals surface area contributed by atoms with Gasteiger partial charge in [0, 0.05) is 11.8 Å². The number of hydrogen-bond donors (Lipinski definition) is 1. The first-order chi connectivity index (χ1) is 14.7. The van der Waals surface area contributed by atoms with Crippen LogP contribution in [0.1, 0.15) is 42.7 Å². The fourth-order valence-electron chi connectivity index (χ4n) is 3.67. The maximum Gasteiger partial charge on any atom is 0.257 e. The molecule has 0 aliphatic carbocycles. The van der Waals surface area contributed by atoms with E-state index in [1.807, 2.05) is 55.5 Å². The molecular formula is C23H21N3O4. The van der Waals surface area contributed by atoms with E-state index < -0.39 is 0 Å². The molecule has 0 bridgehead atoms. The molecule has 2 atom stereocenters. The molecule has 0 saturated heterocycles. The van der Waals surface area contributed by atoms with E-state index in [2.05, 4.69) is 10.4 Å². The molecule has 0 spiro atoms. The van der Waals surface area contributed by atoms with E-state index in [1.165, 1.54) is 5.01 Å². The first kappa shape index (κ1) is 18.4. The molecule has 4 aromatic rings. The van der Waals surface area contributed by atoms with E-state index in [4.69, 9.17) is 13.3 Å². The minimum absolute atomic E-state index is 0.115. The van der Waals surface area contributed by atoms with Crippen molar-refractivity contribution in [2.45, 2.75) is 25.4 Å². The number of furan rings is 3. The van der Waals surface area contributed by atoms with Crippen LogP contribution in [0.15, 0.2) is 85.5 Å². The summed E-state index contributed by atoms with van der Waals surface area (Å²) in [5.41, 5.74) is 1.55. The zero-order valence-electron chi connectivity index (χ0n) is 16.4. The molecule has 0 radical (unpaired) electrons. The van der Waals surface area contributed by atoms with Gasteiger partial charge in [0.25, 0.3) is 5.91 Å². The van der Waals surface area contributed by atoms with Crippen LogP contribution in [0.4, 0.5) is 0 Å². The number of hydrogen-bond acceptors (Lipinski definition) is 6. The first-order valence-corrected chi connectivity index (χ1v) is 9.88. The van der Waals surface area contributed by atoms with Gasteiger partial charge in [0.1, 0.15) is 34.6 Å². The van der Waals surface area contributed by atoms with E-state index in [0.29, 0.717) is 17.9 Å². The van der Waals surface area contributed by atoms with Crippen molar-refractivity contribution in [1.82, 2.24) is 10.3 Å². The molecule has 7 nitrogen and oxygen atoms in total. The minimum atomic E-state index is -0.295. The number of nitrogens with one attached hydrogen (secondary N) is 1. The lowest BCUT2D eigenvalue weighted by Crippen LogP contribution is -2.36. The second kappa shape index (κ2) is 7.68. The van der Waals surface area contributed by atoms with Crippen LogP contribution < -0.4 is 5.32 Å². The molecule has 1 aliphatic heterocycles. The summed E-state index contributed by atoms with van der Waals surface area (Å²) in [6, 6.07) is 16.7. The molecule has 7 heteroatoms. The predicted octanol–water partition coefficient (Wildman–Crippen LogP) is 4.65. The number of carbonyl (C=O) groups excluding carboxylic acids is 1. The number of benzene rings is 1. The molecule has 4 heterocycles. The minimum Gasteiger partial charge on any atom is -0.467 e. The summed E-state index contributed by atoms with van der Waals surface area (Å²) >= 11 is 0. The van der Waals surface area contributed by atoms with Crippen LogP contribution in [0, 0.1) is 0 Å². The summed E-state index contributed by atoms with van der Waals surface area (Å²) in [4.78, 5) is 13.0. The fourth-order valence-corrected chi connectivity index (χ4v) is 3.67. The molecular weight excluding hydrogens is 382 g/mol. The van der Waals surface area contributed by atoms with Gasteiger partial charge in [0.2, 0.25) is 0 Å². The monoisotopic (exact) mass is 403 g/mol. The van der Waals surface area contributed by atoms with Crippen molar-refractivity contribution >= 4 is 22.6 Å². The van der Waals surface area contributed by atoms with Crippen molar-refractivity contribution in [2.75, 3.05) is 6.54 Å². The van der Waals surface area contributed by atoms with Crippen molar-refractivity contribution in [2.24, 2.45) is 5.10 Å². The van der Waals surface area contributed by atoms with Crippen molar-refractivity contribution in [1.29, 1.82) is 0 Å². The first-order valence-electron chi connectivity index (χ1n) is 9.88. The highest BCUT2D eigenvalue weighted by Gasteiger charge is 2.35. The second-order valence-corrected chi connectivity index (χ2v) is 7.29. The maximum atomic E-state index is 13.0. The number of rotatable bonds is 6. The highest BCUT2D eigenvalue weighted by molar-refractivity contribution is 6.01. The maximum absolute atomic E-state index is 13.0. The lowest BCUT2D eigenvalue weighted by Gasteiger charge is -2.21. The van der Waals surface area contributed by atoms with Crippen molar-refractivity contribution in [3.8, 4) is 0 Å². The smallest absolute Gasteiger partial charge is 0.257 e. The van der Waals surface area contributed by atoms with Gasteiger partial charge in [0.05, 0.1) is 25.1 Å². The Labute approximate surface area is 172 Å². The fraction of sp³-hybridized carbons (Fsp3) is 0.217. The van der Waals surface area contributed by atoms with Crippen molar-refractivity contribution in [3.63, 3.8) is 0 Å². The number of para-hydroxylation sites is 1. The van der Waals surface area contributed by atoms with E-state index in [0.717, 1.165) is 22.4 Å². The van der Waals surface area contributed by atoms with E-state index in [1.54, 1.807) is 18.6 Å². The van der Waals surface area contributed by atoms with Gasteiger partial charge in [-0.2, -0.15) is 5.10 Å². The summed E-state index contributed by atoms with van der Waals surface area (Å²) in [7, 11) is 0. The molecule has 5 rings (SSSR count). The molecule has 152 valence electrons. The zero-order chi connectivity index (χ0) is 20.5. The number of carbonyl (C=O) groups is 1. The van der Waals surface area contributed by atoms with Crippen LogP contribution in [-0.4, -0.2) is 23.2 Å². The highest BCUT2D eigenvalue weighted by Crippen LogP contribution is 2.33. The SMILES string of the molecule is CC(NCC(=O)N1N=C(c2ccco2)CC1c1ccco1)c1cc2ccccc2o1. The normalized spacial score (nSPS) is 17.4. The lowest BCUT2D eigenvalue weighted by atomic mass is 10.1. The Morgan fingerprint density at radius 3 is 2.77 bits per heavy atom. The van der Waals surface area contributed by atoms with Crippen LogP contribution in [0.5, 0.6) is 0 Å². The van der Waals surface area contributed by atoms with Gasteiger partial charge in [-0.3, -0.25) is 10.1 Å². The zero-order valence-corrected chi connectivity index (χ0v) is 16.4. The molecule has 1 N–H and O–H groups in total. The second-order valence-electron chi connectivity index (χ2n) is 7.29. The third-order valence-electron chi connectivity index (χ3n) is 5.27. The Morgan fingerprint density at radius 1 is 1.17 bits per heavy atom. The van der Waals surface area contributed by atoms with Gasteiger partial charge >= 0.3 is 0 Å². The molecule has 1 aromatic carbocycles. The molecule has 3 aromatic heterocycles.